The van der Waals surface area contributed by atoms with Crippen LogP contribution in [0.5, 0.6) is 11.5 Å². The number of nitrogens with zero attached hydrogens (tertiary/aromatic N) is 1. The molecule has 0 unspecified atom stereocenters. The lowest BCUT2D eigenvalue weighted by Crippen LogP contribution is -2.07. The van der Waals surface area contributed by atoms with Crippen molar-refractivity contribution in [2.75, 3.05) is 21.3 Å². The van der Waals surface area contributed by atoms with E-state index < -0.39 is 5.97 Å². The van der Waals surface area contributed by atoms with E-state index in [9.17, 15) is 4.79 Å². The number of rotatable bonds is 5. The minimum absolute atomic E-state index is 0.358. The molecule has 0 aliphatic carbocycles. The molecule has 5 heteroatoms. The highest BCUT2D eigenvalue weighted by molar-refractivity contribution is 5.98. The molecule has 0 saturated carbocycles. The van der Waals surface area contributed by atoms with Gasteiger partial charge < -0.3 is 14.2 Å². The van der Waals surface area contributed by atoms with E-state index >= 15 is 0 Å². The maximum absolute atomic E-state index is 12.0. The lowest BCUT2D eigenvalue weighted by Gasteiger charge is -2.12. The quantitative estimate of drug-likeness (QED) is 0.794. The van der Waals surface area contributed by atoms with Gasteiger partial charge in [-0.3, -0.25) is 4.98 Å². The first-order chi connectivity index (χ1) is 10.7. The van der Waals surface area contributed by atoms with Gasteiger partial charge in [-0.2, -0.15) is 0 Å². The first-order valence-corrected chi connectivity index (χ1v) is 6.62. The van der Waals surface area contributed by atoms with Gasteiger partial charge in [0.1, 0.15) is 17.1 Å². The summed E-state index contributed by atoms with van der Waals surface area (Å²) in [5.41, 5.74) is 1.98. The molecule has 0 aliphatic heterocycles. The number of carbonyl (C=O) groups is 1. The molecule has 1 aromatic heterocycles. The molecule has 2 aromatic rings. The summed E-state index contributed by atoms with van der Waals surface area (Å²) in [6, 6.07) is 7.14. The molecule has 0 aliphatic rings. The van der Waals surface area contributed by atoms with E-state index in [1.807, 2.05) is 24.3 Å². The van der Waals surface area contributed by atoms with Gasteiger partial charge in [0.05, 0.1) is 21.3 Å². The number of carbonyl (C=O) groups excluding carboxylic acids is 1. The van der Waals surface area contributed by atoms with Crippen molar-refractivity contribution in [3.8, 4) is 11.5 Å². The molecule has 1 aromatic carbocycles. The van der Waals surface area contributed by atoms with E-state index in [-0.39, 0.29) is 0 Å². The largest absolute Gasteiger partial charge is 0.497 e. The fourth-order valence-corrected chi connectivity index (χ4v) is 2.00. The predicted octanol–water partition coefficient (Wildman–Crippen LogP) is 3.06. The van der Waals surface area contributed by atoms with Crippen molar-refractivity contribution in [1.29, 1.82) is 0 Å². The Labute approximate surface area is 129 Å². The molecular formula is C17H17NO4. The second-order valence-corrected chi connectivity index (χ2v) is 4.40. The van der Waals surface area contributed by atoms with Crippen LogP contribution >= 0.6 is 0 Å². The zero-order valence-electron chi connectivity index (χ0n) is 12.7. The zero-order valence-corrected chi connectivity index (χ0v) is 12.7. The number of esters is 1. The minimum atomic E-state index is -0.464. The van der Waals surface area contributed by atoms with Crippen LogP contribution in [0.1, 0.15) is 21.5 Å². The summed E-state index contributed by atoms with van der Waals surface area (Å²) in [4.78, 5) is 16.0. The first kappa shape index (κ1) is 15.6. The van der Waals surface area contributed by atoms with E-state index in [1.165, 1.54) is 14.2 Å². The molecule has 1 heterocycles. The molecule has 0 radical (unpaired) electrons. The standard InChI is InChI=1S/C17H17NO4/c1-20-14-10-13(5-4-12-6-8-18-9-7-12)16(17(19)22-3)15(11-14)21-2/h4-11H,1-3H3/b5-4+. The van der Waals surface area contributed by atoms with E-state index in [0.717, 1.165) is 5.56 Å². The Bertz CT molecular complexity index is 681. The number of ether oxygens (including phenoxy) is 3. The number of aromatic nitrogens is 1. The van der Waals surface area contributed by atoms with Gasteiger partial charge in [0, 0.05) is 18.5 Å². The Kier molecular flexibility index (Phi) is 5.14. The lowest BCUT2D eigenvalue weighted by atomic mass is 10.0. The van der Waals surface area contributed by atoms with Crippen molar-refractivity contribution in [2.45, 2.75) is 0 Å². The van der Waals surface area contributed by atoms with Gasteiger partial charge in [0.2, 0.25) is 0 Å². The maximum Gasteiger partial charge on any atom is 0.342 e. The van der Waals surface area contributed by atoms with E-state index in [0.29, 0.717) is 22.6 Å². The minimum Gasteiger partial charge on any atom is -0.497 e. The van der Waals surface area contributed by atoms with E-state index in [2.05, 4.69) is 4.98 Å². The second-order valence-electron chi connectivity index (χ2n) is 4.40. The van der Waals surface area contributed by atoms with Gasteiger partial charge in [0.25, 0.3) is 0 Å². The highest BCUT2D eigenvalue weighted by Gasteiger charge is 2.18. The average Bonchev–Trinajstić information content (AvgIpc) is 2.59. The van der Waals surface area contributed by atoms with Crippen LogP contribution in [0.25, 0.3) is 12.2 Å². The zero-order chi connectivity index (χ0) is 15.9. The van der Waals surface area contributed by atoms with Crippen LogP contribution in [0.15, 0.2) is 36.7 Å². The van der Waals surface area contributed by atoms with Gasteiger partial charge in [0.15, 0.2) is 0 Å². The fraction of sp³-hybridized carbons (Fsp3) is 0.176. The summed E-state index contributed by atoms with van der Waals surface area (Å²) in [6.45, 7) is 0. The van der Waals surface area contributed by atoms with Crippen LogP contribution < -0.4 is 9.47 Å². The van der Waals surface area contributed by atoms with Crippen LogP contribution in [-0.2, 0) is 4.74 Å². The van der Waals surface area contributed by atoms with Crippen molar-refractivity contribution >= 4 is 18.1 Å². The summed E-state index contributed by atoms with van der Waals surface area (Å²) in [7, 11) is 4.39. The Hall–Kier alpha value is -2.82. The molecule has 0 fully saturated rings. The predicted molar refractivity (Wildman–Crippen MR) is 84.1 cm³/mol. The second kappa shape index (κ2) is 7.26. The SMILES string of the molecule is COC(=O)c1c(/C=C/c2ccncc2)cc(OC)cc1OC. The molecule has 0 atom stereocenters. The van der Waals surface area contributed by atoms with Gasteiger partial charge >= 0.3 is 5.97 Å². The monoisotopic (exact) mass is 299 g/mol. The van der Waals surface area contributed by atoms with Gasteiger partial charge in [-0.1, -0.05) is 12.2 Å². The smallest absolute Gasteiger partial charge is 0.342 e. The number of hydrogen-bond acceptors (Lipinski definition) is 5. The summed E-state index contributed by atoms with van der Waals surface area (Å²) in [5.74, 6) is 0.536. The van der Waals surface area contributed by atoms with Crippen molar-refractivity contribution < 1.29 is 19.0 Å². The van der Waals surface area contributed by atoms with Gasteiger partial charge in [-0.15, -0.1) is 0 Å². The Morgan fingerprint density at radius 1 is 1.05 bits per heavy atom. The summed E-state index contributed by atoms with van der Waals surface area (Å²) >= 11 is 0. The molecule has 22 heavy (non-hydrogen) atoms. The molecular weight excluding hydrogens is 282 g/mol. The van der Waals surface area contributed by atoms with Gasteiger partial charge in [-0.05, 0) is 29.3 Å². The molecule has 0 spiro atoms. The topological polar surface area (TPSA) is 57.7 Å². The third kappa shape index (κ3) is 3.44. The highest BCUT2D eigenvalue weighted by Crippen LogP contribution is 2.30. The molecule has 0 N–H and O–H groups in total. The summed E-state index contributed by atoms with van der Waals surface area (Å²) < 4.78 is 15.4. The van der Waals surface area contributed by atoms with Crippen LogP contribution in [0.4, 0.5) is 0 Å². The van der Waals surface area contributed by atoms with Gasteiger partial charge in [-0.25, -0.2) is 4.79 Å². The molecule has 2 rings (SSSR count). The average molecular weight is 299 g/mol. The molecule has 5 nitrogen and oxygen atoms in total. The summed E-state index contributed by atoms with van der Waals surface area (Å²) in [5, 5.41) is 0. The van der Waals surface area contributed by atoms with Crippen LogP contribution in [0.3, 0.4) is 0 Å². The Morgan fingerprint density at radius 3 is 2.36 bits per heavy atom. The Balaban J connectivity index is 2.52. The summed E-state index contributed by atoms with van der Waals surface area (Å²) in [6.07, 6.45) is 7.09. The van der Waals surface area contributed by atoms with E-state index in [4.69, 9.17) is 14.2 Å². The van der Waals surface area contributed by atoms with Crippen molar-refractivity contribution in [3.63, 3.8) is 0 Å². The number of benzene rings is 1. The Morgan fingerprint density at radius 2 is 1.77 bits per heavy atom. The number of pyridine rings is 1. The van der Waals surface area contributed by atoms with E-state index in [1.54, 1.807) is 31.6 Å². The number of hydrogen-bond donors (Lipinski definition) is 0. The first-order valence-electron chi connectivity index (χ1n) is 6.62. The van der Waals surface area contributed by atoms with Crippen LogP contribution in [0, 0.1) is 0 Å². The third-order valence-electron chi connectivity index (χ3n) is 3.11. The lowest BCUT2D eigenvalue weighted by molar-refractivity contribution is 0.0597. The fourth-order valence-electron chi connectivity index (χ4n) is 2.00. The molecule has 0 saturated heterocycles. The molecule has 0 amide bonds. The normalized spacial score (nSPS) is 10.5. The van der Waals surface area contributed by atoms with Crippen molar-refractivity contribution in [1.82, 2.24) is 4.98 Å². The van der Waals surface area contributed by atoms with Crippen LogP contribution in [0.2, 0.25) is 0 Å². The highest BCUT2D eigenvalue weighted by atomic mass is 16.5. The molecule has 0 bridgehead atoms. The van der Waals surface area contributed by atoms with Crippen molar-refractivity contribution in [2.24, 2.45) is 0 Å². The maximum atomic E-state index is 12.0. The van der Waals surface area contributed by atoms with Crippen LogP contribution in [-0.4, -0.2) is 32.3 Å². The van der Waals surface area contributed by atoms with Crippen molar-refractivity contribution in [3.05, 3.63) is 53.3 Å². The number of methoxy groups -OCH3 is 3. The molecule has 114 valence electrons. The third-order valence-corrected chi connectivity index (χ3v) is 3.11.